The summed E-state index contributed by atoms with van der Waals surface area (Å²) in [4.78, 5) is 0. The van der Waals surface area contributed by atoms with Crippen LogP contribution in [-0.4, -0.2) is 16.3 Å². The Labute approximate surface area is 110 Å². The van der Waals surface area contributed by atoms with Gasteiger partial charge in [0.05, 0.1) is 11.2 Å². The van der Waals surface area contributed by atoms with E-state index in [1.165, 1.54) is 5.56 Å². The lowest BCUT2D eigenvalue weighted by Gasteiger charge is -2.36. The van der Waals surface area contributed by atoms with Crippen molar-refractivity contribution >= 4 is 0 Å². The van der Waals surface area contributed by atoms with Gasteiger partial charge in [-0.3, -0.25) is 0 Å². The summed E-state index contributed by atoms with van der Waals surface area (Å²) in [6, 6.07) is 6.22. The maximum atomic E-state index is 11.2. The number of hydrogen-bond donors (Lipinski definition) is 1. The van der Waals surface area contributed by atoms with Gasteiger partial charge < -0.3 is 9.84 Å². The SMILES string of the molecule is Cc1ccc(C2(O)CC(C)(C)OC2(C)C)c(C)c1. The van der Waals surface area contributed by atoms with Gasteiger partial charge in [-0.1, -0.05) is 23.8 Å². The molecule has 100 valence electrons. The average molecular weight is 248 g/mol. The molecule has 1 fully saturated rings. The Morgan fingerprint density at radius 2 is 1.72 bits per heavy atom. The minimum Gasteiger partial charge on any atom is -0.382 e. The van der Waals surface area contributed by atoms with Crippen LogP contribution in [0.1, 0.15) is 50.8 Å². The summed E-state index contributed by atoms with van der Waals surface area (Å²) in [6.07, 6.45) is 0.622. The summed E-state index contributed by atoms with van der Waals surface area (Å²) in [6.45, 7) is 12.2. The first-order valence-corrected chi connectivity index (χ1v) is 6.58. The standard InChI is InChI=1S/C16H24O2/c1-11-7-8-13(12(2)9-11)16(17)10-14(3,4)18-15(16,5)6/h7-9,17H,10H2,1-6H3. The van der Waals surface area contributed by atoms with E-state index in [0.717, 1.165) is 11.1 Å². The molecule has 0 saturated carbocycles. The van der Waals surface area contributed by atoms with Crippen LogP contribution in [0.5, 0.6) is 0 Å². The lowest BCUT2D eigenvalue weighted by molar-refractivity contribution is -0.130. The second kappa shape index (κ2) is 3.82. The van der Waals surface area contributed by atoms with Gasteiger partial charge in [-0.25, -0.2) is 0 Å². The van der Waals surface area contributed by atoms with Crippen molar-refractivity contribution in [2.24, 2.45) is 0 Å². The Kier molecular flexibility index (Phi) is 2.88. The van der Waals surface area contributed by atoms with Crippen LogP contribution in [0.15, 0.2) is 18.2 Å². The van der Waals surface area contributed by atoms with Crippen LogP contribution in [0, 0.1) is 13.8 Å². The highest BCUT2D eigenvalue weighted by atomic mass is 16.5. The molecule has 1 aliphatic heterocycles. The van der Waals surface area contributed by atoms with E-state index in [0.29, 0.717) is 6.42 Å². The molecule has 1 heterocycles. The molecule has 2 heteroatoms. The highest BCUT2D eigenvalue weighted by Crippen LogP contribution is 2.51. The van der Waals surface area contributed by atoms with Gasteiger partial charge in [-0.15, -0.1) is 0 Å². The molecule has 18 heavy (non-hydrogen) atoms. The molecule has 1 N–H and O–H groups in total. The minimum atomic E-state index is -0.922. The van der Waals surface area contributed by atoms with Gasteiger partial charge in [-0.2, -0.15) is 0 Å². The molecule has 0 amide bonds. The molecule has 0 radical (unpaired) electrons. The molecular weight excluding hydrogens is 224 g/mol. The van der Waals surface area contributed by atoms with Crippen LogP contribution < -0.4 is 0 Å². The molecule has 1 saturated heterocycles. The minimum absolute atomic E-state index is 0.296. The zero-order chi connectivity index (χ0) is 13.8. The quantitative estimate of drug-likeness (QED) is 0.824. The van der Waals surface area contributed by atoms with E-state index in [1.54, 1.807) is 0 Å². The molecule has 0 spiro atoms. The van der Waals surface area contributed by atoms with E-state index in [-0.39, 0.29) is 5.60 Å². The predicted molar refractivity (Wildman–Crippen MR) is 73.7 cm³/mol. The van der Waals surface area contributed by atoms with Gasteiger partial charge in [-0.05, 0) is 52.7 Å². The summed E-state index contributed by atoms with van der Waals surface area (Å²) in [5, 5.41) is 11.2. The number of ether oxygens (including phenoxy) is 1. The zero-order valence-corrected chi connectivity index (χ0v) is 12.3. The number of hydrogen-bond acceptors (Lipinski definition) is 2. The van der Waals surface area contributed by atoms with Crippen LogP contribution in [0.2, 0.25) is 0 Å². The fourth-order valence-corrected chi connectivity index (χ4v) is 3.34. The predicted octanol–water partition coefficient (Wildman–Crippen LogP) is 3.47. The van der Waals surface area contributed by atoms with Crippen molar-refractivity contribution in [1.29, 1.82) is 0 Å². The molecular formula is C16H24O2. The maximum absolute atomic E-state index is 11.2. The first kappa shape index (κ1) is 13.6. The number of rotatable bonds is 1. The molecule has 0 aliphatic carbocycles. The molecule has 1 aromatic rings. The molecule has 0 aromatic heterocycles. The summed E-state index contributed by atoms with van der Waals surface area (Å²) < 4.78 is 6.04. The van der Waals surface area contributed by atoms with Crippen molar-refractivity contribution in [2.75, 3.05) is 0 Å². The van der Waals surface area contributed by atoms with Crippen molar-refractivity contribution in [3.05, 3.63) is 34.9 Å². The molecule has 1 unspecified atom stereocenters. The van der Waals surface area contributed by atoms with Gasteiger partial charge in [0.1, 0.15) is 5.60 Å². The first-order valence-electron chi connectivity index (χ1n) is 6.58. The normalized spacial score (nSPS) is 29.5. The Morgan fingerprint density at radius 3 is 2.17 bits per heavy atom. The lowest BCUT2D eigenvalue weighted by Crippen LogP contribution is -2.44. The third-order valence-electron chi connectivity index (χ3n) is 4.04. The largest absolute Gasteiger partial charge is 0.382 e. The number of benzene rings is 1. The van der Waals surface area contributed by atoms with Crippen molar-refractivity contribution in [2.45, 2.75) is 64.8 Å². The van der Waals surface area contributed by atoms with Crippen LogP contribution in [-0.2, 0) is 10.3 Å². The molecule has 0 bridgehead atoms. The van der Waals surface area contributed by atoms with Crippen LogP contribution in [0.3, 0.4) is 0 Å². The maximum Gasteiger partial charge on any atom is 0.121 e. The van der Waals surface area contributed by atoms with Crippen molar-refractivity contribution in [3.8, 4) is 0 Å². The third kappa shape index (κ3) is 1.98. The highest BCUT2D eigenvalue weighted by Gasteiger charge is 2.57. The molecule has 2 nitrogen and oxygen atoms in total. The Balaban J connectivity index is 2.54. The van der Waals surface area contributed by atoms with E-state index in [1.807, 2.05) is 33.8 Å². The molecule has 1 aliphatic rings. The van der Waals surface area contributed by atoms with Crippen molar-refractivity contribution in [1.82, 2.24) is 0 Å². The third-order valence-corrected chi connectivity index (χ3v) is 4.04. The summed E-state index contributed by atoms with van der Waals surface area (Å²) in [7, 11) is 0. The molecule has 1 atom stereocenters. The second-order valence-electron chi connectivity index (χ2n) is 6.73. The van der Waals surface area contributed by atoms with Gasteiger partial charge in [0.15, 0.2) is 0 Å². The van der Waals surface area contributed by atoms with Crippen molar-refractivity contribution in [3.63, 3.8) is 0 Å². The van der Waals surface area contributed by atoms with Crippen molar-refractivity contribution < 1.29 is 9.84 Å². The smallest absolute Gasteiger partial charge is 0.121 e. The fourth-order valence-electron chi connectivity index (χ4n) is 3.34. The Morgan fingerprint density at radius 1 is 1.11 bits per heavy atom. The van der Waals surface area contributed by atoms with E-state index in [4.69, 9.17) is 4.74 Å². The molecule has 2 rings (SSSR count). The Bertz CT molecular complexity index is 474. The summed E-state index contributed by atoms with van der Waals surface area (Å²) in [5.74, 6) is 0. The van der Waals surface area contributed by atoms with E-state index in [2.05, 4.69) is 26.0 Å². The highest BCUT2D eigenvalue weighted by molar-refractivity contribution is 5.38. The van der Waals surface area contributed by atoms with Crippen LogP contribution in [0.4, 0.5) is 0 Å². The number of aryl methyl sites for hydroxylation is 2. The van der Waals surface area contributed by atoms with E-state index < -0.39 is 11.2 Å². The molecule has 1 aromatic carbocycles. The van der Waals surface area contributed by atoms with Gasteiger partial charge in [0.2, 0.25) is 0 Å². The van der Waals surface area contributed by atoms with Gasteiger partial charge in [0.25, 0.3) is 0 Å². The first-order chi connectivity index (χ1) is 8.07. The van der Waals surface area contributed by atoms with Crippen LogP contribution >= 0.6 is 0 Å². The number of aliphatic hydroxyl groups is 1. The van der Waals surface area contributed by atoms with Crippen LogP contribution in [0.25, 0.3) is 0 Å². The van der Waals surface area contributed by atoms with Gasteiger partial charge in [0, 0.05) is 6.42 Å². The summed E-state index contributed by atoms with van der Waals surface area (Å²) in [5.41, 5.74) is 1.55. The lowest BCUT2D eigenvalue weighted by atomic mass is 9.75. The van der Waals surface area contributed by atoms with E-state index in [9.17, 15) is 5.11 Å². The summed E-state index contributed by atoms with van der Waals surface area (Å²) >= 11 is 0. The zero-order valence-electron chi connectivity index (χ0n) is 12.3. The Hall–Kier alpha value is -0.860. The second-order valence-corrected chi connectivity index (χ2v) is 6.73. The van der Waals surface area contributed by atoms with Gasteiger partial charge >= 0.3 is 0 Å². The van der Waals surface area contributed by atoms with E-state index >= 15 is 0 Å². The monoisotopic (exact) mass is 248 g/mol. The average Bonchev–Trinajstić information content (AvgIpc) is 2.29. The fraction of sp³-hybridized carbons (Fsp3) is 0.625. The topological polar surface area (TPSA) is 29.5 Å².